The molecule has 0 aliphatic rings. The molecule has 0 aliphatic heterocycles. The number of nitrogens with zero attached hydrogens (tertiary/aromatic N) is 3. The molecule has 4 heteroatoms. The van der Waals surface area contributed by atoms with Crippen LogP contribution in [0.5, 0.6) is 0 Å². The zero-order valence-corrected chi connectivity index (χ0v) is 10.4. The van der Waals surface area contributed by atoms with E-state index in [2.05, 4.69) is 16.0 Å². The molecule has 0 radical (unpaired) electrons. The molecule has 0 fully saturated rings. The number of fused-ring (bicyclic) bond motifs is 1. The van der Waals surface area contributed by atoms with Gasteiger partial charge in [0.05, 0.1) is 5.52 Å². The van der Waals surface area contributed by atoms with E-state index in [1.165, 1.54) is 6.20 Å². The van der Waals surface area contributed by atoms with Gasteiger partial charge in [0.1, 0.15) is 11.8 Å². The molecule has 4 nitrogen and oxygen atoms in total. The minimum atomic E-state index is 0.327. The SMILES string of the molecule is N#Cc1nc2ccccc2cc1-c1cncc(C=O)c1. The number of hydrogen-bond acceptors (Lipinski definition) is 4. The summed E-state index contributed by atoms with van der Waals surface area (Å²) in [7, 11) is 0. The van der Waals surface area contributed by atoms with Crippen molar-refractivity contribution in [1.29, 1.82) is 5.26 Å². The zero-order valence-electron chi connectivity index (χ0n) is 10.4. The van der Waals surface area contributed by atoms with Crippen LogP contribution in [0.2, 0.25) is 0 Å². The average molecular weight is 259 g/mol. The highest BCUT2D eigenvalue weighted by atomic mass is 16.1. The van der Waals surface area contributed by atoms with Crippen LogP contribution >= 0.6 is 0 Å². The summed E-state index contributed by atoms with van der Waals surface area (Å²) in [5.41, 5.74) is 2.97. The highest BCUT2D eigenvalue weighted by Gasteiger charge is 2.09. The van der Waals surface area contributed by atoms with Gasteiger partial charge in [0.25, 0.3) is 0 Å². The Kier molecular flexibility index (Phi) is 2.94. The molecule has 2 heterocycles. The van der Waals surface area contributed by atoms with E-state index in [0.717, 1.165) is 17.2 Å². The topological polar surface area (TPSA) is 66.6 Å². The Balaban J connectivity index is 2.29. The van der Waals surface area contributed by atoms with Crippen molar-refractivity contribution in [3.63, 3.8) is 0 Å². The van der Waals surface area contributed by atoms with Gasteiger partial charge in [-0.2, -0.15) is 5.26 Å². The lowest BCUT2D eigenvalue weighted by Gasteiger charge is -2.06. The molecule has 0 atom stereocenters. The maximum Gasteiger partial charge on any atom is 0.151 e. The van der Waals surface area contributed by atoms with Crippen molar-refractivity contribution in [1.82, 2.24) is 9.97 Å². The quantitative estimate of drug-likeness (QED) is 0.663. The summed E-state index contributed by atoms with van der Waals surface area (Å²) in [5.74, 6) is 0. The van der Waals surface area contributed by atoms with Crippen LogP contribution in [0.1, 0.15) is 16.1 Å². The molecule has 0 aliphatic carbocycles. The molecule has 0 spiro atoms. The molecule has 0 saturated carbocycles. The number of para-hydroxylation sites is 1. The second-order valence-electron chi connectivity index (χ2n) is 4.31. The summed E-state index contributed by atoms with van der Waals surface area (Å²) in [6.07, 6.45) is 3.84. The first kappa shape index (κ1) is 12.0. The molecule has 94 valence electrons. The van der Waals surface area contributed by atoms with Crippen LogP contribution in [0.15, 0.2) is 48.8 Å². The predicted molar refractivity (Wildman–Crippen MR) is 75.1 cm³/mol. The van der Waals surface area contributed by atoms with E-state index in [9.17, 15) is 10.1 Å². The van der Waals surface area contributed by atoms with Gasteiger partial charge in [-0.1, -0.05) is 18.2 Å². The van der Waals surface area contributed by atoms with Gasteiger partial charge in [0.15, 0.2) is 6.29 Å². The third kappa shape index (κ3) is 2.02. The number of rotatable bonds is 2. The standard InChI is InChI=1S/C16H9N3O/c17-7-16-14(13-5-11(10-20)8-18-9-13)6-12-3-1-2-4-15(12)19-16/h1-6,8-10H. The number of aldehydes is 1. The van der Waals surface area contributed by atoms with Gasteiger partial charge >= 0.3 is 0 Å². The van der Waals surface area contributed by atoms with E-state index in [-0.39, 0.29) is 0 Å². The van der Waals surface area contributed by atoms with Gasteiger partial charge in [-0.3, -0.25) is 9.78 Å². The number of carbonyl (C=O) groups excluding carboxylic acids is 1. The summed E-state index contributed by atoms with van der Waals surface area (Å²) in [6.45, 7) is 0. The Morgan fingerprint density at radius 2 is 2.00 bits per heavy atom. The summed E-state index contributed by atoms with van der Waals surface area (Å²) >= 11 is 0. The van der Waals surface area contributed by atoms with Crippen molar-refractivity contribution in [3.05, 3.63) is 60.0 Å². The van der Waals surface area contributed by atoms with Gasteiger partial charge in [0, 0.05) is 34.5 Å². The monoisotopic (exact) mass is 259 g/mol. The van der Waals surface area contributed by atoms with Crippen molar-refractivity contribution >= 4 is 17.2 Å². The third-order valence-corrected chi connectivity index (χ3v) is 3.04. The first-order valence-electron chi connectivity index (χ1n) is 6.02. The molecule has 2 aromatic heterocycles. The second kappa shape index (κ2) is 4.90. The molecule has 0 saturated heterocycles. The molecule has 0 bridgehead atoms. The minimum absolute atomic E-state index is 0.327. The van der Waals surface area contributed by atoms with Crippen LogP contribution in [0.3, 0.4) is 0 Å². The van der Waals surface area contributed by atoms with Crippen LogP contribution in [-0.2, 0) is 0 Å². The number of benzene rings is 1. The number of pyridine rings is 2. The highest BCUT2D eigenvalue weighted by molar-refractivity contribution is 5.87. The van der Waals surface area contributed by atoms with Crippen LogP contribution < -0.4 is 0 Å². The molecule has 20 heavy (non-hydrogen) atoms. The van der Waals surface area contributed by atoms with Crippen LogP contribution in [0.4, 0.5) is 0 Å². The zero-order chi connectivity index (χ0) is 13.9. The van der Waals surface area contributed by atoms with E-state index in [1.54, 1.807) is 12.3 Å². The molecule has 0 N–H and O–H groups in total. The smallest absolute Gasteiger partial charge is 0.151 e. The second-order valence-corrected chi connectivity index (χ2v) is 4.31. The van der Waals surface area contributed by atoms with E-state index in [4.69, 9.17) is 0 Å². The molecule has 3 rings (SSSR count). The number of carbonyl (C=O) groups is 1. The van der Waals surface area contributed by atoms with Crippen molar-refractivity contribution in [2.45, 2.75) is 0 Å². The summed E-state index contributed by atoms with van der Waals surface area (Å²) < 4.78 is 0. The average Bonchev–Trinajstić information content (AvgIpc) is 2.53. The fraction of sp³-hybridized carbons (Fsp3) is 0. The first-order valence-corrected chi connectivity index (χ1v) is 6.02. The third-order valence-electron chi connectivity index (χ3n) is 3.04. The van der Waals surface area contributed by atoms with E-state index < -0.39 is 0 Å². The maximum atomic E-state index is 10.8. The molecule has 3 aromatic rings. The van der Waals surface area contributed by atoms with Crippen molar-refractivity contribution < 1.29 is 4.79 Å². The van der Waals surface area contributed by atoms with Crippen LogP contribution in [0, 0.1) is 11.3 Å². The number of hydrogen-bond donors (Lipinski definition) is 0. The largest absolute Gasteiger partial charge is 0.298 e. The molecular weight excluding hydrogens is 250 g/mol. The Morgan fingerprint density at radius 1 is 1.15 bits per heavy atom. The number of nitriles is 1. The molecule has 0 unspecified atom stereocenters. The van der Waals surface area contributed by atoms with Gasteiger partial charge in [-0.25, -0.2) is 4.98 Å². The maximum absolute atomic E-state index is 10.8. The fourth-order valence-electron chi connectivity index (χ4n) is 2.09. The first-order chi connectivity index (χ1) is 9.81. The summed E-state index contributed by atoms with van der Waals surface area (Å²) in [6, 6.07) is 13.3. The van der Waals surface area contributed by atoms with Gasteiger partial charge < -0.3 is 0 Å². The van der Waals surface area contributed by atoms with E-state index in [0.29, 0.717) is 22.4 Å². The molecule has 0 amide bonds. The summed E-state index contributed by atoms with van der Waals surface area (Å²) in [4.78, 5) is 19.2. The van der Waals surface area contributed by atoms with Gasteiger partial charge in [-0.15, -0.1) is 0 Å². The normalized spacial score (nSPS) is 10.2. The van der Waals surface area contributed by atoms with Gasteiger partial charge in [0.2, 0.25) is 0 Å². The van der Waals surface area contributed by atoms with Gasteiger partial charge in [-0.05, 0) is 18.2 Å². The predicted octanol–water partition coefficient (Wildman–Crippen LogP) is 2.98. The fourth-order valence-corrected chi connectivity index (χ4v) is 2.09. The van der Waals surface area contributed by atoms with E-state index in [1.807, 2.05) is 30.3 Å². The Hall–Kier alpha value is -3.06. The Bertz CT molecular complexity index is 850. The lowest BCUT2D eigenvalue weighted by atomic mass is 10.0. The Morgan fingerprint density at radius 3 is 2.80 bits per heavy atom. The van der Waals surface area contributed by atoms with Crippen LogP contribution in [0.25, 0.3) is 22.0 Å². The van der Waals surface area contributed by atoms with Crippen molar-refractivity contribution in [3.8, 4) is 17.2 Å². The lowest BCUT2D eigenvalue weighted by molar-refractivity contribution is 0.112. The molecule has 1 aromatic carbocycles. The van der Waals surface area contributed by atoms with Crippen molar-refractivity contribution in [2.75, 3.05) is 0 Å². The van der Waals surface area contributed by atoms with E-state index >= 15 is 0 Å². The Labute approximate surface area is 115 Å². The molecular formula is C16H9N3O. The number of aromatic nitrogens is 2. The van der Waals surface area contributed by atoms with Crippen molar-refractivity contribution in [2.24, 2.45) is 0 Å². The highest BCUT2D eigenvalue weighted by Crippen LogP contribution is 2.26. The summed E-state index contributed by atoms with van der Waals surface area (Å²) in [5, 5.41) is 10.2. The van der Waals surface area contributed by atoms with Crippen LogP contribution in [-0.4, -0.2) is 16.3 Å². The minimum Gasteiger partial charge on any atom is -0.298 e. The lowest BCUT2D eigenvalue weighted by Crippen LogP contribution is -1.92.